The third kappa shape index (κ3) is 6.23. The minimum Gasteiger partial charge on any atom is -0.481 e. The monoisotopic (exact) mass is 615 g/mol. The molecular weight excluding hydrogens is 574 g/mol. The lowest BCUT2D eigenvalue weighted by molar-refractivity contribution is -0.186. The van der Waals surface area contributed by atoms with Crippen molar-refractivity contribution in [1.29, 1.82) is 0 Å². The van der Waals surface area contributed by atoms with Crippen LogP contribution in [-0.4, -0.2) is 82.0 Å². The molecule has 2 unspecified atom stereocenters. The number of carboxylic acid groups (broad SMARTS) is 1. The van der Waals surface area contributed by atoms with Crippen molar-refractivity contribution in [3.05, 3.63) is 54.3 Å². The van der Waals surface area contributed by atoms with Crippen LogP contribution in [0.3, 0.4) is 0 Å². The van der Waals surface area contributed by atoms with Gasteiger partial charge in [0, 0.05) is 25.0 Å². The summed E-state index contributed by atoms with van der Waals surface area (Å²) in [4.78, 5) is 34.5. The van der Waals surface area contributed by atoms with Crippen molar-refractivity contribution in [2.45, 2.75) is 89.4 Å². The molecule has 4 aromatic rings. The maximum Gasteiger partial charge on any atom is 0.306 e. The Kier molecular flexibility index (Phi) is 8.37. The van der Waals surface area contributed by atoms with Crippen molar-refractivity contribution >= 4 is 33.9 Å². The molecule has 10 heteroatoms. The number of hydrogen-bond donors (Lipinski definition) is 1. The predicted octanol–water partition coefficient (Wildman–Crippen LogP) is 5.87. The third-order valence-corrected chi connectivity index (χ3v) is 9.63. The van der Waals surface area contributed by atoms with Crippen LogP contribution in [0.1, 0.15) is 57.9 Å². The van der Waals surface area contributed by atoms with Crippen molar-refractivity contribution in [2.24, 2.45) is 5.92 Å². The number of para-hydroxylation sites is 1. The van der Waals surface area contributed by atoms with Gasteiger partial charge in [0.2, 0.25) is 11.8 Å². The molecule has 1 aliphatic carbocycles. The number of carbonyl (C=O) groups is 2. The fraction of sp³-hybridized carbons (Fsp3) is 0.514. The number of hydrogen-bond acceptors (Lipinski definition) is 8. The number of aromatic nitrogens is 1. The van der Waals surface area contributed by atoms with Crippen LogP contribution in [0.2, 0.25) is 0 Å². The van der Waals surface area contributed by atoms with E-state index in [1.165, 1.54) is 0 Å². The third-order valence-electron chi connectivity index (χ3n) is 9.63. The van der Waals surface area contributed by atoms with Gasteiger partial charge in [0.1, 0.15) is 23.6 Å². The molecule has 2 aromatic heterocycles. The normalized spacial score (nSPS) is 26.9. The van der Waals surface area contributed by atoms with Gasteiger partial charge in [-0.05, 0) is 76.1 Å². The summed E-state index contributed by atoms with van der Waals surface area (Å²) in [5, 5.41) is 10.4. The van der Waals surface area contributed by atoms with Gasteiger partial charge in [-0.25, -0.2) is 4.98 Å². The van der Waals surface area contributed by atoms with E-state index in [2.05, 4.69) is 23.7 Å². The molecule has 7 rings (SSSR count). The second-order valence-electron chi connectivity index (χ2n) is 13.0. The summed E-state index contributed by atoms with van der Waals surface area (Å²) in [6.07, 6.45) is 6.23. The number of morpholine rings is 1. The maximum absolute atomic E-state index is 13.9. The summed E-state index contributed by atoms with van der Waals surface area (Å²) in [5.41, 5.74) is 3.81. The highest BCUT2D eigenvalue weighted by Crippen LogP contribution is 2.34. The molecule has 4 heterocycles. The van der Waals surface area contributed by atoms with Gasteiger partial charge in [0.25, 0.3) is 0 Å². The Balaban J connectivity index is 1.09. The standard InChI is InChI=1S/C35H41N3O7/c1-21-18-37(19-22(2)43-21)34(44-25-12-10-24(11-13-25)35(40)41)29-7-5-15-38(29)32(39)17-23-9-14-28-31(16-23)45-33(36-28)27-20-42-30-8-4-3-6-26(27)30/h3-4,6,8-9,14,16,20-22,24-25,29,34H,5,7,10-13,15,17-19H2,1-2H3,(H,40,41)/t21-,22+,24?,25?,29?,34?. The van der Waals surface area contributed by atoms with E-state index in [9.17, 15) is 14.7 Å². The smallest absolute Gasteiger partial charge is 0.306 e. The number of carboxylic acids is 1. The average molecular weight is 616 g/mol. The molecule has 3 fully saturated rings. The highest BCUT2D eigenvalue weighted by molar-refractivity contribution is 5.93. The van der Waals surface area contributed by atoms with Crippen LogP contribution in [0.15, 0.2) is 57.6 Å². The Morgan fingerprint density at radius 1 is 1.02 bits per heavy atom. The number of nitrogens with zero attached hydrogens (tertiary/aromatic N) is 3. The SMILES string of the molecule is C[C@@H]1CN(C(OC2CCC(C(=O)O)CC2)C2CCCN2C(=O)Cc2ccc3nc(-c4coc5ccccc45)oc3c2)C[C@H](C)O1. The molecule has 1 N–H and O–H groups in total. The second-order valence-corrected chi connectivity index (χ2v) is 13.0. The molecule has 1 saturated carbocycles. The molecular formula is C35H41N3O7. The van der Waals surface area contributed by atoms with Crippen molar-refractivity contribution in [1.82, 2.24) is 14.8 Å². The number of amides is 1. The van der Waals surface area contributed by atoms with Crippen LogP contribution >= 0.6 is 0 Å². The topological polar surface area (TPSA) is 118 Å². The first-order valence-corrected chi connectivity index (χ1v) is 16.3. The molecule has 0 spiro atoms. The molecule has 2 aliphatic heterocycles. The number of fused-ring (bicyclic) bond motifs is 2. The van der Waals surface area contributed by atoms with Gasteiger partial charge in [-0.1, -0.05) is 24.3 Å². The van der Waals surface area contributed by atoms with Crippen LogP contribution in [0.25, 0.3) is 33.5 Å². The van der Waals surface area contributed by atoms with E-state index in [1.54, 1.807) is 6.26 Å². The van der Waals surface area contributed by atoms with Crippen LogP contribution in [0, 0.1) is 5.92 Å². The number of likely N-dealkylation sites (tertiary alicyclic amines) is 1. The van der Waals surface area contributed by atoms with E-state index in [-0.39, 0.29) is 48.8 Å². The molecule has 0 bridgehead atoms. The Morgan fingerprint density at radius 2 is 1.80 bits per heavy atom. The van der Waals surface area contributed by atoms with E-state index in [0.29, 0.717) is 30.9 Å². The molecule has 238 valence electrons. The Morgan fingerprint density at radius 3 is 2.58 bits per heavy atom. The van der Waals surface area contributed by atoms with Crippen molar-refractivity contribution in [3.8, 4) is 11.5 Å². The van der Waals surface area contributed by atoms with Gasteiger partial charge in [-0.3, -0.25) is 14.5 Å². The Labute approximate surface area is 262 Å². The first kappa shape index (κ1) is 30.0. The summed E-state index contributed by atoms with van der Waals surface area (Å²) < 4.78 is 24.7. The molecule has 45 heavy (non-hydrogen) atoms. The first-order valence-electron chi connectivity index (χ1n) is 16.3. The maximum atomic E-state index is 13.9. The largest absolute Gasteiger partial charge is 0.481 e. The van der Waals surface area contributed by atoms with E-state index in [0.717, 1.165) is 66.4 Å². The average Bonchev–Trinajstić information content (AvgIpc) is 3.77. The fourth-order valence-electron chi connectivity index (χ4n) is 7.50. The molecule has 4 atom stereocenters. The predicted molar refractivity (Wildman–Crippen MR) is 167 cm³/mol. The molecule has 2 aromatic carbocycles. The van der Waals surface area contributed by atoms with Crippen LogP contribution in [-0.2, 0) is 25.5 Å². The second kappa shape index (κ2) is 12.6. The summed E-state index contributed by atoms with van der Waals surface area (Å²) in [7, 11) is 0. The van der Waals surface area contributed by atoms with Crippen LogP contribution in [0.4, 0.5) is 0 Å². The number of aliphatic carboxylic acids is 1. The van der Waals surface area contributed by atoms with Gasteiger partial charge in [-0.2, -0.15) is 0 Å². The number of carbonyl (C=O) groups excluding carboxylic acids is 1. The Hall–Kier alpha value is -3.73. The van der Waals surface area contributed by atoms with Gasteiger partial charge in [-0.15, -0.1) is 0 Å². The van der Waals surface area contributed by atoms with Crippen molar-refractivity contribution in [2.75, 3.05) is 19.6 Å². The minimum absolute atomic E-state index is 0.0213. The molecule has 10 nitrogen and oxygen atoms in total. The van der Waals surface area contributed by atoms with Gasteiger partial charge < -0.3 is 28.3 Å². The highest BCUT2D eigenvalue weighted by Gasteiger charge is 2.42. The quantitative estimate of drug-likeness (QED) is 0.260. The fourth-order valence-corrected chi connectivity index (χ4v) is 7.50. The molecule has 1 amide bonds. The van der Waals surface area contributed by atoms with Gasteiger partial charge >= 0.3 is 5.97 Å². The van der Waals surface area contributed by atoms with E-state index < -0.39 is 5.97 Å². The molecule has 3 aliphatic rings. The number of ether oxygens (including phenoxy) is 2. The van der Waals surface area contributed by atoms with Gasteiger partial charge in [0.15, 0.2) is 5.58 Å². The number of oxazole rings is 1. The van der Waals surface area contributed by atoms with Gasteiger partial charge in [0.05, 0.1) is 42.3 Å². The lowest BCUT2D eigenvalue weighted by Gasteiger charge is -2.45. The number of furan rings is 1. The highest BCUT2D eigenvalue weighted by atomic mass is 16.5. The molecule has 0 radical (unpaired) electrons. The summed E-state index contributed by atoms with van der Waals surface area (Å²) >= 11 is 0. The van der Waals surface area contributed by atoms with E-state index in [1.807, 2.05) is 47.4 Å². The minimum atomic E-state index is -0.719. The molecule has 2 saturated heterocycles. The first-order chi connectivity index (χ1) is 21.8. The van der Waals surface area contributed by atoms with Crippen LogP contribution in [0.5, 0.6) is 0 Å². The number of benzene rings is 2. The lowest BCUT2D eigenvalue weighted by Crippen LogP contribution is -2.59. The van der Waals surface area contributed by atoms with Crippen molar-refractivity contribution in [3.63, 3.8) is 0 Å². The summed E-state index contributed by atoms with van der Waals surface area (Å²) in [6, 6.07) is 13.5. The van der Waals surface area contributed by atoms with E-state index in [4.69, 9.17) is 18.3 Å². The zero-order valence-corrected chi connectivity index (χ0v) is 25.9. The zero-order valence-electron chi connectivity index (χ0n) is 25.9. The summed E-state index contributed by atoms with van der Waals surface area (Å²) in [6.45, 7) is 6.31. The zero-order chi connectivity index (χ0) is 31.1. The van der Waals surface area contributed by atoms with E-state index >= 15 is 0 Å². The van der Waals surface area contributed by atoms with Crippen molar-refractivity contribution < 1.29 is 33.0 Å². The number of rotatable bonds is 8. The summed E-state index contributed by atoms with van der Waals surface area (Å²) in [5.74, 6) is -0.462. The lowest BCUT2D eigenvalue weighted by atomic mass is 9.87. The Bertz CT molecular complexity index is 1660. The van der Waals surface area contributed by atoms with Crippen LogP contribution < -0.4 is 0 Å².